The number of carbonyl (C=O) groups is 3. The third-order valence-electron chi connectivity index (χ3n) is 8.91. The van der Waals surface area contributed by atoms with Crippen LogP contribution in [0.4, 0.5) is 5.69 Å². The lowest BCUT2D eigenvalue weighted by Crippen LogP contribution is -2.56. The predicted octanol–water partition coefficient (Wildman–Crippen LogP) is 8.14. The zero-order valence-electron chi connectivity index (χ0n) is 23.9. The molecule has 4 atom stereocenters. The molecule has 41 heavy (non-hydrogen) atoms. The lowest BCUT2D eigenvalue weighted by Gasteiger charge is -2.38. The molecule has 2 aliphatic heterocycles. The second kappa shape index (κ2) is 12.6. The number of Topliss-reactive ketones (excluding diaryl/α,β-unsaturated/α-hetero) is 1. The Morgan fingerprint density at radius 1 is 0.854 bits per heavy atom. The molecule has 1 saturated heterocycles. The first-order valence-corrected chi connectivity index (χ1v) is 15.4. The summed E-state index contributed by atoms with van der Waals surface area (Å²) in [5.41, 5.74) is 1.31. The van der Waals surface area contributed by atoms with E-state index in [1.165, 1.54) is 25.7 Å². The fraction of sp³-hybridized carbons (Fsp3) is 0.400. The molecular formula is C35H39ClN2O3. The third-order valence-corrected chi connectivity index (χ3v) is 9.16. The minimum Gasteiger partial charge on any atom is -0.323 e. The Labute approximate surface area is 248 Å². The van der Waals surface area contributed by atoms with Crippen LogP contribution in [0.1, 0.15) is 92.6 Å². The van der Waals surface area contributed by atoms with Crippen LogP contribution in [0.2, 0.25) is 5.02 Å². The number of benzene rings is 3. The van der Waals surface area contributed by atoms with Gasteiger partial charge in [-0.3, -0.25) is 14.4 Å². The monoisotopic (exact) mass is 570 g/mol. The molecule has 2 amide bonds. The Kier molecular flexibility index (Phi) is 8.94. The molecule has 6 heteroatoms. The van der Waals surface area contributed by atoms with Crippen molar-refractivity contribution in [2.45, 2.75) is 82.7 Å². The molecule has 3 aromatic rings. The molecule has 1 N–H and O–H groups in total. The molecule has 4 unspecified atom stereocenters. The van der Waals surface area contributed by atoms with Gasteiger partial charge in [-0.05, 0) is 37.1 Å². The highest BCUT2D eigenvalue weighted by Crippen LogP contribution is 2.59. The Morgan fingerprint density at radius 3 is 2.20 bits per heavy atom. The minimum absolute atomic E-state index is 0.0831. The number of para-hydroxylation sites is 1. The van der Waals surface area contributed by atoms with E-state index in [1.54, 1.807) is 17.0 Å². The number of likely N-dealkylation sites (tertiary alicyclic amines) is 1. The number of anilines is 1. The topological polar surface area (TPSA) is 66.5 Å². The number of halogens is 1. The molecule has 0 radical (unpaired) electrons. The molecule has 2 aliphatic rings. The smallest absolute Gasteiger partial charge is 0.255 e. The van der Waals surface area contributed by atoms with E-state index in [9.17, 15) is 14.4 Å². The fourth-order valence-electron chi connectivity index (χ4n) is 7.05. The Balaban J connectivity index is 1.60. The maximum absolute atomic E-state index is 14.6. The zero-order chi connectivity index (χ0) is 29.0. The zero-order valence-corrected chi connectivity index (χ0v) is 24.7. The van der Waals surface area contributed by atoms with Crippen molar-refractivity contribution in [3.63, 3.8) is 0 Å². The van der Waals surface area contributed by atoms with Gasteiger partial charge in [0, 0.05) is 40.2 Å². The number of nitrogens with one attached hydrogen (secondary N) is 1. The number of rotatable bonds is 11. The van der Waals surface area contributed by atoms with Crippen LogP contribution in [-0.2, 0) is 15.1 Å². The average molecular weight is 571 g/mol. The molecule has 1 spiro atoms. The van der Waals surface area contributed by atoms with Gasteiger partial charge in [0.1, 0.15) is 0 Å². The van der Waals surface area contributed by atoms with Gasteiger partial charge < -0.3 is 10.2 Å². The maximum atomic E-state index is 14.6. The van der Waals surface area contributed by atoms with Gasteiger partial charge in [-0.15, -0.1) is 0 Å². The lowest BCUT2D eigenvalue weighted by molar-refractivity contribution is -0.145. The second-order valence-corrected chi connectivity index (χ2v) is 11.9. The number of hydrogen-bond donors (Lipinski definition) is 1. The predicted molar refractivity (Wildman–Crippen MR) is 164 cm³/mol. The van der Waals surface area contributed by atoms with Crippen molar-refractivity contribution in [2.24, 2.45) is 5.92 Å². The van der Waals surface area contributed by atoms with Crippen LogP contribution in [0, 0.1) is 5.92 Å². The summed E-state index contributed by atoms with van der Waals surface area (Å²) in [5.74, 6) is -1.77. The molecule has 2 heterocycles. The van der Waals surface area contributed by atoms with Gasteiger partial charge in [0.2, 0.25) is 5.91 Å². The van der Waals surface area contributed by atoms with E-state index in [0.717, 1.165) is 24.8 Å². The first-order chi connectivity index (χ1) is 19.9. The lowest BCUT2D eigenvalue weighted by atomic mass is 9.69. The summed E-state index contributed by atoms with van der Waals surface area (Å²) in [5, 5.41) is 3.64. The minimum atomic E-state index is -1.45. The third kappa shape index (κ3) is 5.32. The van der Waals surface area contributed by atoms with Crippen molar-refractivity contribution < 1.29 is 14.4 Å². The van der Waals surface area contributed by atoms with Crippen molar-refractivity contribution in [3.8, 4) is 0 Å². The van der Waals surface area contributed by atoms with Gasteiger partial charge in [-0.2, -0.15) is 0 Å². The maximum Gasteiger partial charge on any atom is 0.255 e. The summed E-state index contributed by atoms with van der Waals surface area (Å²) in [4.78, 5) is 44.9. The highest BCUT2D eigenvalue weighted by molar-refractivity contribution is 6.30. The van der Waals surface area contributed by atoms with Gasteiger partial charge in [0.25, 0.3) is 5.91 Å². The second-order valence-electron chi connectivity index (χ2n) is 11.4. The van der Waals surface area contributed by atoms with E-state index in [0.29, 0.717) is 28.3 Å². The Hall–Kier alpha value is -3.44. The first kappa shape index (κ1) is 29.1. The number of hydrogen-bond acceptors (Lipinski definition) is 3. The number of nitrogens with zero attached hydrogens (tertiary/aromatic N) is 1. The summed E-state index contributed by atoms with van der Waals surface area (Å²) >= 11 is 6.25. The molecule has 0 aliphatic carbocycles. The van der Waals surface area contributed by atoms with E-state index in [2.05, 4.69) is 12.2 Å². The normalized spacial score (nSPS) is 23.0. The molecule has 3 aromatic carbocycles. The molecular weight excluding hydrogens is 532 g/mol. The van der Waals surface area contributed by atoms with Gasteiger partial charge >= 0.3 is 0 Å². The number of carbonyl (C=O) groups excluding carboxylic acids is 3. The number of unbranched alkanes of at least 4 members (excludes halogenated alkanes) is 6. The molecule has 214 valence electrons. The quantitative estimate of drug-likeness (QED) is 0.187. The van der Waals surface area contributed by atoms with E-state index in [-0.39, 0.29) is 17.6 Å². The van der Waals surface area contributed by atoms with Gasteiger partial charge in [0.15, 0.2) is 11.3 Å². The summed E-state index contributed by atoms with van der Waals surface area (Å²) < 4.78 is 0. The van der Waals surface area contributed by atoms with Crippen molar-refractivity contribution in [1.82, 2.24) is 4.90 Å². The summed E-state index contributed by atoms with van der Waals surface area (Å²) in [7, 11) is 0. The van der Waals surface area contributed by atoms with E-state index in [1.807, 2.05) is 73.7 Å². The van der Waals surface area contributed by atoms with Gasteiger partial charge in [-0.25, -0.2) is 0 Å². The van der Waals surface area contributed by atoms with Crippen LogP contribution in [0.5, 0.6) is 0 Å². The molecule has 5 rings (SSSR count). The van der Waals surface area contributed by atoms with E-state index >= 15 is 0 Å². The van der Waals surface area contributed by atoms with Crippen molar-refractivity contribution in [3.05, 3.63) is 101 Å². The standard InChI is InChI=1S/C35H39ClN2O3/c1-3-4-5-6-7-8-12-19-30(39)38-24(2)31(25-20-22-27(36)23-21-25)32(33(40)26-15-10-9-11-16-26)35(38)28-17-13-14-18-29(28)37-34(35)41/h9-11,13-18,20-24,31-32H,3-8,12,19H2,1-2H3,(H,37,41). The number of amides is 2. The summed E-state index contributed by atoms with van der Waals surface area (Å²) in [6.07, 6.45) is 8.01. The van der Waals surface area contributed by atoms with Gasteiger partial charge in [0.05, 0.1) is 5.92 Å². The van der Waals surface area contributed by atoms with E-state index < -0.39 is 23.4 Å². The van der Waals surface area contributed by atoms with Crippen LogP contribution in [0.15, 0.2) is 78.9 Å². The summed E-state index contributed by atoms with van der Waals surface area (Å²) in [6, 6.07) is 23.7. The van der Waals surface area contributed by atoms with Crippen LogP contribution in [0.3, 0.4) is 0 Å². The average Bonchev–Trinajstić information content (AvgIpc) is 3.43. The van der Waals surface area contributed by atoms with Crippen molar-refractivity contribution >= 4 is 34.9 Å². The highest BCUT2D eigenvalue weighted by atomic mass is 35.5. The van der Waals surface area contributed by atoms with Crippen LogP contribution in [0.25, 0.3) is 0 Å². The SMILES string of the molecule is CCCCCCCCCC(=O)N1C(C)C(c2ccc(Cl)cc2)C(C(=O)c2ccccc2)C12C(=O)Nc1ccccc12. The molecule has 0 aromatic heterocycles. The van der Waals surface area contributed by atoms with E-state index in [4.69, 9.17) is 11.6 Å². The highest BCUT2D eigenvalue weighted by Gasteiger charge is 2.68. The molecule has 0 saturated carbocycles. The Bertz CT molecular complexity index is 1390. The van der Waals surface area contributed by atoms with Crippen LogP contribution in [-0.4, -0.2) is 28.5 Å². The summed E-state index contributed by atoms with van der Waals surface area (Å²) in [6.45, 7) is 4.19. The fourth-order valence-corrected chi connectivity index (χ4v) is 7.18. The molecule has 1 fully saturated rings. The van der Waals surface area contributed by atoms with Crippen molar-refractivity contribution in [1.29, 1.82) is 0 Å². The Morgan fingerprint density at radius 2 is 1.49 bits per heavy atom. The number of fused-ring (bicyclic) bond motifs is 2. The van der Waals surface area contributed by atoms with Crippen LogP contribution < -0.4 is 5.32 Å². The largest absolute Gasteiger partial charge is 0.323 e. The van der Waals surface area contributed by atoms with Crippen LogP contribution >= 0.6 is 11.6 Å². The van der Waals surface area contributed by atoms with Crippen molar-refractivity contribution in [2.75, 3.05) is 5.32 Å². The molecule has 5 nitrogen and oxygen atoms in total. The van der Waals surface area contributed by atoms with Gasteiger partial charge in [-0.1, -0.05) is 118 Å². The first-order valence-electron chi connectivity index (χ1n) is 15.0. The molecule has 0 bridgehead atoms. The number of ketones is 1.